The van der Waals surface area contributed by atoms with Crippen molar-refractivity contribution in [2.75, 3.05) is 29.9 Å². The number of carbonyl (C=O) groups is 1. The highest BCUT2D eigenvalue weighted by molar-refractivity contribution is 7.85. The minimum Gasteiger partial charge on any atom is -0.491 e. The Kier molecular flexibility index (Phi) is 6.54. The highest BCUT2D eigenvalue weighted by Crippen LogP contribution is 2.37. The second kappa shape index (κ2) is 8.28. The molecule has 5 nitrogen and oxygen atoms in total. The van der Waals surface area contributed by atoms with E-state index in [-0.39, 0.29) is 30.0 Å². The monoisotopic (exact) mass is 392 g/mol. The first-order valence-corrected chi connectivity index (χ1v) is 9.84. The van der Waals surface area contributed by atoms with Crippen LogP contribution in [0.3, 0.4) is 0 Å². The van der Waals surface area contributed by atoms with Gasteiger partial charge in [0.25, 0.3) is 0 Å². The minimum absolute atomic E-state index is 0.0213. The van der Waals surface area contributed by atoms with Crippen LogP contribution in [-0.2, 0) is 17.0 Å². The number of rotatable bonds is 3. The number of ether oxygens (including phenoxy) is 1. The van der Waals surface area contributed by atoms with E-state index in [0.29, 0.717) is 18.1 Å². The van der Waals surface area contributed by atoms with Gasteiger partial charge < -0.3 is 15.0 Å². The number of hydrogen-bond donors (Lipinski definition) is 1. The molecule has 1 aromatic carbocycles. The molecule has 1 aliphatic rings. The van der Waals surface area contributed by atoms with Gasteiger partial charge in [0.2, 0.25) is 0 Å². The lowest BCUT2D eigenvalue weighted by Crippen LogP contribution is -2.38. The summed E-state index contributed by atoms with van der Waals surface area (Å²) in [6.45, 7) is 5.90. The predicted octanol–water partition coefficient (Wildman–Crippen LogP) is 3.72. The van der Waals surface area contributed by atoms with Crippen LogP contribution in [0.4, 0.5) is 23.7 Å². The molecule has 0 radical (unpaired) electrons. The Hall–Kier alpha value is -1.77. The number of nitrogens with one attached hydrogen (secondary N) is 1. The zero-order valence-electron chi connectivity index (χ0n) is 14.9. The Morgan fingerprint density at radius 3 is 2.69 bits per heavy atom. The smallest absolute Gasteiger partial charge is 0.418 e. The molecule has 2 amide bonds. The van der Waals surface area contributed by atoms with Gasteiger partial charge in [-0.3, -0.25) is 4.21 Å². The van der Waals surface area contributed by atoms with Gasteiger partial charge in [-0.2, -0.15) is 13.2 Å². The highest BCUT2D eigenvalue weighted by Gasteiger charge is 2.35. The molecular weight excluding hydrogens is 369 g/mol. The average Bonchev–Trinajstić information content (AvgIpc) is 2.67. The largest absolute Gasteiger partial charge is 0.491 e. The van der Waals surface area contributed by atoms with Crippen LogP contribution in [0.25, 0.3) is 0 Å². The van der Waals surface area contributed by atoms with Crippen LogP contribution in [0.15, 0.2) is 18.2 Å². The number of hydrogen-bond acceptors (Lipinski definition) is 3. The van der Waals surface area contributed by atoms with Gasteiger partial charge in [0.05, 0.1) is 17.4 Å². The average molecular weight is 392 g/mol. The van der Waals surface area contributed by atoms with E-state index in [0.717, 1.165) is 6.07 Å². The predicted molar refractivity (Wildman–Crippen MR) is 94.8 cm³/mol. The Bertz CT molecular complexity index is 680. The van der Waals surface area contributed by atoms with E-state index in [1.54, 1.807) is 13.8 Å². The molecule has 26 heavy (non-hydrogen) atoms. The molecule has 1 aliphatic heterocycles. The molecule has 0 saturated carbocycles. The third kappa shape index (κ3) is 5.62. The Balaban J connectivity index is 2.21. The van der Waals surface area contributed by atoms with Crippen LogP contribution in [-0.4, -0.2) is 45.8 Å². The van der Waals surface area contributed by atoms with Gasteiger partial charge >= 0.3 is 12.2 Å². The molecule has 2 unspecified atom stereocenters. The van der Waals surface area contributed by atoms with Gasteiger partial charge in [-0.1, -0.05) is 6.92 Å². The van der Waals surface area contributed by atoms with Crippen molar-refractivity contribution in [2.24, 2.45) is 5.92 Å². The van der Waals surface area contributed by atoms with E-state index in [2.05, 4.69) is 5.32 Å². The molecule has 2 atom stereocenters. The summed E-state index contributed by atoms with van der Waals surface area (Å²) in [5.74, 6) is 0.918. The molecule has 146 valence electrons. The van der Waals surface area contributed by atoms with Crippen LogP contribution in [0.1, 0.15) is 26.3 Å². The van der Waals surface area contributed by atoms with Crippen molar-refractivity contribution in [3.05, 3.63) is 23.8 Å². The molecule has 0 aliphatic carbocycles. The van der Waals surface area contributed by atoms with Crippen molar-refractivity contribution < 1.29 is 26.9 Å². The zero-order chi connectivity index (χ0) is 19.5. The third-order valence-corrected chi connectivity index (χ3v) is 5.37. The minimum atomic E-state index is -4.63. The molecular formula is C17H23F3N2O3S. The van der Waals surface area contributed by atoms with Crippen LogP contribution in [0.2, 0.25) is 0 Å². The quantitative estimate of drug-likeness (QED) is 0.853. The van der Waals surface area contributed by atoms with Crippen LogP contribution >= 0.6 is 0 Å². The number of amides is 2. The number of halogens is 3. The number of benzene rings is 1. The molecule has 1 N–H and O–H groups in total. The summed E-state index contributed by atoms with van der Waals surface area (Å²) < 4.78 is 57.2. The van der Waals surface area contributed by atoms with Crippen molar-refractivity contribution >= 4 is 22.5 Å². The lowest BCUT2D eigenvalue weighted by Gasteiger charge is -2.24. The number of anilines is 1. The van der Waals surface area contributed by atoms with E-state index < -0.39 is 28.6 Å². The summed E-state index contributed by atoms with van der Waals surface area (Å²) in [5, 5.41) is 2.34. The lowest BCUT2D eigenvalue weighted by atomic mass is 10.1. The molecule has 1 saturated heterocycles. The van der Waals surface area contributed by atoms with Crippen molar-refractivity contribution in [2.45, 2.75) is 33.1 Å². The molecule has 0 aromatic heterocycles. The third-order valence-electron chi connectivity index (χ3n) is 3.79. The Morgan fingerprint density at radius 1 is 1.38 bits per heavy atom. The molecule has 1 heterocycles. The summed E-state index contributed by atoms with van der Waals surface area (Å²) in [4.78, 5) is 13.8. The lowest BCUT2D eigenvalue weighted by molar-refractivity contribution is -0.137. The topological polar surface area (TPSA) is 58.6 Å². The molecule has 0 bridgehead atoms. The molecule has 0 spiro atoms. The Morgan fingerprint density at radius 2 is 2.08 bits per heavy atom. The summed E-state index contributed by atoms with van der Waals surface area (Å²) >= 11 is 0. The van der Waals surface area contributed by atoms with E-state index >= 15 is 0 Å². The number of carbonyl (C=O) groups excluding carboxylic acids is 1. The van der Waals surface area contributed by atoms with Gasteiger partial charge in [0.15, 0.2) is 0 Å². The highest BCUT2D eigenvalue weighted by atomic mass is 32.2. The van der Waals surface area contributed by atoms with E-state index in [1.165, 1.54) is 17.0 Å². The normalized spacial score (nSPS) is 21.4. The van der Waals surface area contributed by atoms with Gasteiger partial charge in [0, 0.05) is 35.4 Å². The second-order valence-corrected chi connectivity index (χ2v) is 8.28. The van der Waals surface area contributed by atoms with Crippen molar-refractivity contribution in [3.8, 4) is 5.75 Å². The first kappa shape index (κ1) is 20.5. The van der Waals surface area contributed by atoms with Gasteiger partial charge in [-0.15, -0.1) is 0 Å². The summed E-state index contributed by atoms with van der Waals surface area (Å²) in [6, 6.07) is 2.84. The fraction of sp³-hybridized carbons (Fsp3) is 0.588. The van der Waals surface area contributed by atoms with E-state index in [1.807, 2.05) is 6.92 Å². The number of alkyl halides is 3. The zero-order valence-corrected chi connectivity index (χ0v) is 15.7. The van der Waals surface area contributed by atoms with Crippen molar-refractivity contribution in [1.82, 2.24) is 4.90 Å². The Labute approximate surface area is 153 Å². The van der Waals surface area contributed by atoms with Gasteiger partial charge in [-0.05, 0) is 38.0 Å². The van der Waals surface area contributed by atoms with Crippen LogP contribution in [0, 0.1) is 5.92 Å². The summed E-state index contributed by atoms with van der Waals surface area (Å²) in [7, 11) is -1.02. The first-order valence-electron chi connectivity index (χ1n) is 8.35. The fourth-order valence-corrected chi connectivity index (χ4v) is 4.05. The summed E-state index contributed by atoms with van der Waals surface area (Å²) in [6.07, 6.45) is -4.90. The van der Waals surface area contributed by atoms with Gasteiger partial charge in [0.1, 0.15) is 5.75 Å². The molecule has 2 rings (SSSR count). The van der Waals surface area contributed by atoms with Gasteiger partial charge in [-0.25, -0.2) is 4.79 Å². The van der Waals surface area contributed by atoms with E-state index in [4.69, 9.17) is 4.74 Å². The molecule has 9 heteroatoms. The van der Waals surface area contributed by atoms with Crippen molar-refractivity contribution in [1.29, 1.82) is 0 Å². The number of urea groups is 1. The fourth-order valence-electron chi connectivity index (χ4n) is 2.72. The van der Waals surface area contributed by atoms with Crippen LogP contribution < -0.4 is 10.1 Å². The molecule has 1 fully saturated rings. The summed E-state index contributed by atoms with van der Waals surface area (Å²) in [5.41, 5.74) is -1.29. The first-order chi connectivity index (χ1) is 12.1. The van der Waals surface area contributed by atoms with E-state index in [9.17, 15) is 22.2 Å². The maximum absolute atomic E-state index is 13.4. The van der Waals surface area contributed by atoms with Crippen molar-refractivity contribution in [3.63, 3.8) is 0 Å². The standard InChI is InChI=1S/C17H23F3N2O3S/c1-11(2)25-13-4-5-15(14(8-13)17(18,19)20)21-16(23)22-6-7-26(24)10-12(3)9-22/h4-5,8,11-12H,6-7,9-10H2,1-3H3,(H,21,23). The molecule has 1 aromatic rings. The maximum atomic E-state index is 13.4. The van der Waals surface area contributed by atoms with Crippen LogP contribution in [0.5, 0.6) is 5.75 Å². The second-order valence-electron chi connectivity index (χ2n) is 6.66. The number of nitrogens with zero attached hydrogens (tertiary/aromatic N) is 1. The maximum Gasteiger partial charge on any atom is 0.418 e. The SMILES string of the molecule is CC1CN(C(=O)Nc2ccc(OC(C)C)cc2C(F)(F)F)CCS(=O)C1.